The molecule has 3 nitrogen and oxygen atoms in total. The number of carbonyl (C=O) groups excluding carboxylic acids is 2. The normalized spacial score (nSPS) is 11.9. The molecule has 1 aromatic rings. The molecule has 1 unspecified atom stereocenters. The summed E-state index contributed by atoms with van der Waals surface area (Å²) in [4.78, 5) is 22.3. The first-order chi connectivity index (χ1) is 7.65. The van der Waals surface area contributed by atoms with Gasteiger partial charge in [0.25, 0.3) is 0 Å². The van der Waals surface area contributed by atoms with Gasteiger partial charge in [-0.25, -0.2) is 4.39 Å². The van der Waals surface area contributed by atoms with Crippen LogP contribution in [0.25, 0.3) is 0 Å². The lowest BCUT2D eigenvalue weighted by Gasteiger charge is -2.06. The average molecular weight is 224 g/mol. The summed E-state index contributed by atoms with van der Waals surface area (Å²) in [7, 11) is 1.23. The Morgan fingerprint density at radius 2 is 1.94 bits per heavy atom. The molecule has 0 fully saturated rings. The minimum atomic E-state index is -1.65. The van der Waals surface area contributed by atoms with Crippen LogP contribution in [0.3, 0.4) is 0 Å². The van der Waals surface area contributed by atoms with Crippen molar-refractivity contribution in [1.82, 2.24) is 0 Å². The molecule has 1 rings (SSSR count). The van der Waals surface area contributed by atoms with E-state index in [9.17, 15) is 14.0 Å². The zero-order chi connectivity index (χ0) is 12.0. The molecule has 0 amide bonds. The van der Waals surface area contributed by atoms with E-state index in [-0.39, 0.29) is 12.8 Å². The lowest BCUT2D eigenvalue weighted by Crippen LogP contribution is -2.17. The van der Waals surface area contributed by atoms with E-state index in [0.717, 1.165) is 0 Å². The molecular formula is C12H13FO3. The lowest BCUT2D eigenvalue weighted by atomic mass is 10.0. The molecule has 0 aromatic heterocycles. The molecule has 16 heavy (non-hydrogen) atoms. The Kier molecular flexibility index (Phi) is 4.64. The number of benzene rings is 1. The summed E-state index contributed by atoms with van der Waals surface area (Å²) in [6.45, 7) is 0. The Balaban J connectivity index is 2.52. The minimum absolute atomic E-state index is 0.0871. The maximum Gasteiger partial charge on any atom is 0.305 e. The highest BCUT2D eigenvalue weighted by molar-refractivity contribution is 5.99. The van der Waals surface area contributed by atoms with Crippen LogP contribution in [0.5, 0.6) is 0 Å². The van der Waals surface area contributed by atoms with Crippen LogP contribution in [0.4, 0.5) is 4.39 Å². The van der Waals surface area contributed by atoms with Crippen LogP contribution in [0.2, 0.25) is 0 Å². The van der Waals surface area contributed by atoms with Crippen molar-refractivity contribution in [3.8, 4) is 0 Å². The van der Waals surface area contributed by atoms with Gasteiger partial charge in [-0.15, -0.1) is 0 Å². The maximum absolute atomic E-state index is 13.4. The van der Waals surface area contributed by atoms with Gasteiger partial charge in [0.1, 0.15) is 0 Å². The minimum Gasteiger partial charge on any atom is -0.469 e. The van der Waals surface area contributed by atoms with E-state index < -0.39 is 17.9 Å². The van der Waals surface area contributed by atoms with Gasteiger partial charge >= 0.3 is 5.97 Å². The predicted molar refractivity (Wildman–Crippen MR) is 56.9 cm³/mol. The second-order valence-electron chi connectivity index (χ2n) is 3.31. The van der Waals surface area contributed by atoms with Crippen LogP contribution in [0, 0.1) is 0 Å². The highest BCUT2D eigenvalue weighted by atomic mass is 19.1. The van der Waals surface area contributed by atoms with Gasteiger partial charge in [-0.1, -0.05) is 30.3 Å². The molecule has 0 aliphatic rings. The van der Waals surface area contributed by atoms with Gasteiger partial charge in [0.05, 0.1) is 7.11 Å². The smallest absolute Gasteiger partial charge is 0.305 e. The maximum atomic E-state index is 13.4. The van der Waals surface area contributed by atoms with E-state index in [1.807, 2.05) is 0 Å². The van der Waals surface area contributed by atoms with Crippen molar-refractivity contribution in [2.75, 3.05) is 7.11 Å². The summed E-state index contributed by atoms with van der Waals surface area (Å²) in [5, 5.41) is 0. The second-order valence-corrected chi connectivity index (χ2v) is 3.31. The fourth-order valence-corrected chi connectivity index (χ4v) is 1.26. The Labute approximate surface area is 93.2 Å². The third-order valence-electron chi connectivity index (χ3n) is 2.17. The molecule has 0 aliphatic carbocycles. The highest BCUT2D eigenvalue weighted by Crippen LogP contribution is 2.11. The van der Waals surface area contributed by atoms with Gasteiger partial charge in [-0.3, -0.25) is 9.59 Å². The van der Waals surface area contributed by atoms with Crippen molar-refractivity contribution >= 4 is 11.8 Å². The third-order valence-corrected chi connectivity index (χ3v) is 2.17. The van der Waals surface area contributed by atoms with Crippen LogP contribution in [-0.4, -0.2) is 25.0 Å². The van der Waals surface area contributed by atoms with Crippen molar-refractivity contribution in [1.29, 1.82) is 0 Å². The van der Waals surface area contributed by atoms with Crippen molar-refractivity contribution in [3.63, 3.8) is 0 Å². The topological polar surface area (TPSA) is 43.4 Å². The first-order valence-electron chi connectivity index (χ1n) is 4.95. The van der Waals surface area contributed by atoms with Gasteiger partial charge in [-0.2, -0.15) is 0 Å². The van der Waals surface area contributed by atoms with Gasteiger partial charge in [0.2, 0.25) is 0 Å². The number of methoxy groups -OCH3 is 1. The standard InChI is InChI=1S/C12H13FO3/c1-16-11(14)8-7-10(13)12(15)9-5-3-2-4-6-9/h2-6,10H,7-8H2,1H3. The number of hydrogen-bond acceptors (Lipinski definition) is 3. The molecule has 1 aromatic carbocycles. The summed E-state index contributed by atoms with van der Waals surface area (Å²) in [6, 6.07) is 8.18. The van der Waals surface area contributed by atoms with Gasteiger partial charge in [0.15, 0.2) is 12.0 Å². The van der Waals surface area contributed by atoms with Gasteiger partial charge in [-0.05, 0) is 6.42 Å². The first kappa shape index (κ1) is 12.4. The number of alkyl halides is 1. The number of ether oxygens (including phenoxy) is 1. The van der Waals surface area contributed by atoms with Crippen molar-refractivity contribution in [3.05, 3.63) is 35.9 Å². The van der Waals surface area contributed by atoms with Crippen molar-refractivity contribution in [2.24, 2.45) is 0 Å². The molecule has 0 saturated carbocycles. The van der Waals surface area contributed by atoms with Crippen molar-refractivity contribution < 1.29 is 18.7 Å². The molecule has 0 heterocycles. The second kappa shape index (κ2) is 6.00. The molecule has 1 atom stereocenters. The molecule has 0 spiro atoms. The van der Waals surface area contributed by atoms with Crippen LogP contribution >= 0.6 is 0 Å². The first-order valence-corrected chi connectivity index (χ1v) is 4.95. The molecule has 4 heteroatoms. The summed E-state index contributed by atoms with van der Waals surface area (Å²) in [6.07, 6.45) is -1.88. The summed E-state index contributed by atoms with van der Waals surface area (Å²) < 4.78 is 17.8. The number of Topliss-reactive ketones (excluding diaryl/α,β-unsaturated/α-hetero) is 1. The van der Waals surface area contributed by atoms with Crippen LogP contribution < -0.4 is 0 Å². The SMILES string of the molecule is COC(=O)CCC(F)C(=O)c1ccccc1. The molecule has 0 aliphatic heterocycles. The van der Waals surface area contributed by atoms with Crippen LogP contribution in [0.15, 0.2) is 30.3 Å². The summed E-state index contributed by atoms with van der Waals surface area (Å²) in [5.74, 6) is -1.10. The van der Waals surface area contributed by atoms with Crippen molar-refractivity contribution in [2.45, 2.75) is 19.0 Å². The third kappa shape index (κ3) is 3.46. The van der Waals surface area contributed by atoms with E-state index in [1.54, 1.807) is 30.3 Å². The number of rotatable bonds is 5. The zero-order valence-corrected chi connectivity index (χ0v) is 8.98. The molecule has 0 radical (unpaired) electrons. The van der Waals surface area contributed by atoms with Gasteiger partial charge in [0, 0.05) is 12.0 Å². The number of halogens is 1. The predicted octanol–water partition coefficient (Wildman–Crippen LogP) is 2.16. The molecular weight excluding hydrogens is 211 g/mol. The van der Waals surface area contributed by atoms with Crippen LogP contribution in [-0.2, 0) is 9.53 Å². The van der Waals surface area contributed by atoms with E-state index in [2.05, 4.69) is 4.74 Å². The summed E-state index contributed by atoms with van der Waals surface area (Å²) >= 11 is 0. The number of ketones is 1. The fraction of sp³-hybridized carbons (Fsp3) is 0.333. The fourth-order valence-electron chi connectivity index (χ4n) is 1.26. The molecule has 0 saturated heterocycles. The van der Waals surface area contributed by atoms with E-state index in [0.29, 0.717) is 5.56 Å². The zero-order valence-electron chi connectivity index (χ0n) is 8.98. The quantitative estimate of drug-likeness (QED) is 0.568. The number of carbonyl (C=O) groups is 2. The molecule has 0 bridgehead atoms. The Morgan fingerprint density at radius 3 is 2.50 bits per heavy atom. The summed E-state index contributed by atoms with van der Waals surface area (Å²) in [5.41, 5.74) is 0.319. The van der Waals surface area contributed by atoms with Gasteiger partial charge < -0.3 is 4.74 Å². The average Bonchev–Trinajstić information content (AvgIpc) is 2.35. The largest absolute Gasteiger partial charge is 0.469 e. The lowest BCUT2D eigenvalue weighted by molar-refractivity contribution is -0.140. The van der Waals surface area contributed by atoms with E-state index in [1.165, 1.54) is 7.11 Å². The van der Waals surface area contributed by atoms with E-state index in [4.69, 9.17) is 0 Å². The Morgan fingerprint density at radius 1 is 1.31 bits per heavy atom. The number of esters is 1. The van der Waals surface area contributed by atoms with Crippen LogP contribution in [0.1, 0.15) is 23.2 Å². The number of hydrogen-bond donors (Lipinski definition) is 0. The molecule has 86 valence electrons. The molecule has 0 N–H and O–H groups in total. The Bertz CT molecular complexity index is 362. The monoisotopic (exact) mass is 224 g/mol. The highest BCUT2D eigenvalue weighted by Gasteiger charge is 2.19. The Hall–Kier alpha value is -1.71. The van der Waals surface area contributed by atoms with E-state index >= 15 is 0 Å².